The van der Waals surface area contributed by atoms with Crippen LogP contribution in [0.1, 0.15) is 72.0 Å². The van der Waals surface area contributed by atoms with Gasteiger partial charge in [0.2, 0.25) is 0 Å². The number of aromatic nitrogens is 2. The number of nitrogens with zero attached hydrogens (tertiary/aromatic N) is 2. The van der Waals surface area contributed by atoms with Crippen molar-refractivity contribution in [1.82, 2.24) is 9.97 Å². The molecule has 1 aromatic heterocycles. The summed E-state index contributed by atoms with van der Waals surface area (Å²) in [7, 11) is 0. The highest BCUT2D eigenvalue weighted by molar-refractivity contribution is 5.37. The number of rotatable bonds is 6. The molecule has 0 aliphatic rings. The Balaban J connectivity index is 3.25. The van der Waals surface area contributed by atoms with Gasteiger partial charge in [-0.1, -0.05) is 34.6 Å². The van der Waals surface area contributed by atoms with E-state index < -0.39 is 0 Å². The van der Waals surface area contributed by atoms with Gasteiger partial charge in [0.25, 0.3) is 0 Å². The molecule has 0 saturated heterocycles. The molecule has 4 heteroatoms. The van der Waals surface area contributed by atoms with Crippen molar-refractivity contribution in [2.24, 2.45) is 5.41 Å². The van der Waals surface area contributed by atoms with E-state index in [1.54, 1.807) is 0 Å². The van der Waals surface area contributed by atoms with Crippen molar-refractivity contribution < 1.29 is 4.74 Å². The molecule has 1 aromatic rings. The number of nitrogens with one attached hydrogen (secondary N) is 1. The molecule has 1 heterocycles. The first-order chi connectivity index (χ1) is 9.29. The molecule has 20 heavy (non-hydrogen) atoms. The molecule has 0 radical (unpaired) electrons. The minimum Gasteiger partial charge on any atom is -0.370 e. The average Bonchev–Trinajstić information content (AvgIpc) is 2.34. The fourth-order valence-electron chi connectivity index (χ4n) is 2.05. The molecule has 0 spiro atoms. The van der Waals surface area contributed by atoms with Crippen LogP contribution in [0.5, 0.6) is 0 Å². The van der Waals surface area contributed by atoms with Crippen molar-refractivity contribution in [3.05, 3.63) is 17.6 Å². The van der Waals surface area contributed by atoms with Gasteiger partial charge in [0, 0.05) is 24.9 Å². The van der Waals surface area contributed by atoms with Gasteiger partial charge in [-0.25, -0.2) is 9.97 Å². The highest BCUT2D eigenvalue weighted by Gasteiger charge is 2.30. The first-order valence-corrected chi connectivity index (χ1v) is 7.53. The van der Waals surface area contributed by atoms with Gasteiger partial charge >= 0.3 is 0 Å². The summed E-state index contributed by atoms with van der Waals surface area (Å²) in [6.45, 7) is 16.4. The van der Waals surface area contributed by atoms with Crippen LogP contribution < -0.4 is 5.32 Å². The Morgan fingerprint density at radius 3 is 2.30 bits per heavy atom. The first kappa shape index (κ1) is 16.9. The first-order valence-electron chi connectivity index (χ1n) is 7.53. The molecule has 0 saturated carbocycles. The zero-order valence-corrected chi connectivity index (χ0v) is 13.9. The summed E-state index contributed by atoms with van der Waals surface area (Å²) in [4.78, 5) is 9.37. The molecule has 0 bridgehead atoms. The Labute approximate surface area is 123 Å². The Kier molecular flexibility index (Phi) is 5.93. The maximum absolute atomic E-state index is 5.91. The van der Waals surface area contributed by atoms with Gasteiger partial charge in [0.15, 0.2) is 5.82 Å². The summed E-state index contributed by atoms with van der Waals surface area (Å²) in [5.74, 6) is 2.04. The molecule has 0 aromatic carbocycles. The normalized spacial score (nSPS) is 13.6. The van der Waals surface area contributed by atoms with Gasteiger partial charge < -0.3 is 10.1 Å². The molecule has 1 atom stereocenters. The van der Waals surface area contributed by atoms with Gasteiger partial charge in [-0.2, -0.15) is 0 Å². The van der Waals surface area contributed by atoms with E-state index in [9.17, 15) is 0 Å². The predicted octanol–water partition coefficient (Wildman–Crippen LogP) is 4.16. The van der Waals surface area contributed by atoms with E-state index in [1.165, 1.54) is 0 Å². The maximum Gasteiger partial charge on any atom is 0.160 e. The summed E-state index contributed by atoms with van der Waals surface area (Å²) in [6, 6.07) is 2.03. The second-order valence-corrected chi connectivity index (χ2v) is 6.42. The van der Waals surface area contributed by atoms with Gasteiger partial charge in [-0.05, 0) is 25.2 Å². The summed E-state index contributed by atoms with van der Waals surface area (Å²) < 4.78 is 5.91. The van der Waals surface area contributed by atoms with E-state index in [4.69, 9.17) is 9.72 Å². The molecular formula is C16H29N3O. The highest BCUT2D eigenvalue weighted by atomic mass is 16.5. The van der Waals surface area contributed by atoms with Crippen LogP contribution in [0.15, 0.2) is 6.07 Å². The lowest BCUT2D eigenvalue weighted by atomic mass is 9.88. The Morgan fingerprint density at radius 2 is 1.85 bits per heavy atom. The third-order valence-electron chi connectivity index (χ3n) is 3.07. The van der Waals surface area contributed by atoms with E-state index in [0.29, 0.717) is 12.5 Å². The molecule has 1 N–H and O–H groups in total. The van der Waals surface area contributed by atoms with Crippen LogP contribution in [-0.2, 0) is 4.74 Å². The Hall–Kier alpha value is -1.16. The summed E-state index contributed by atoms with van der Waals surface area (Å²) in [5, 5.41) is 3.28. The number of hydrogen-bond donors (Lipinski definition) is 1. The number of hydrogen-bond acceptors (Lipinski definition) is 4. The molecule has 4 nitrogen and oxygen atoms in total. The van der Waals surface area contributed by atoms with Crippen LogP contribution >= 0.6 is 0 Å². The SMILES string of the molecule is CCNc1cc(C(C)C)nc(C(OCC)C(C)(C)C)n1. The van der Waals surface area contributed by atoms with Crippen molar-refractivity contribution in [1.29, 1.82) is 0 Å². The van der Waals surface area contributed by atoms with E-state index in [0.717, 1.165) is 23.9 Å². The quantitative estimate of drug-likeness (QED) is 0.849. The summed E-state index contributed by atoms with van der Waals surface area (Å²) >= 11 is 0. The van der Waals surface area contributed by atoms with Crippen molar-refractivity contribution in [2.75, 3.05) is 18.5 Å². The van der Waals surface area contributed by atoms with Crippen LogP contribution in [0.25, 0.3) is 0 Å². The van der Waals surface area contributed by atoms with Gasteiger partial charge in [-0.15, -0.1) is 0 Å². The standard InChI is InChI=1S/C16H29N3O/c1-8-17-13-10-12(11(3)4)18-15(19-13)14(20-9-2)16(5,6)7/h10-11,14H,8-9H2,1-7H3,(H,17,18,19). The van der Waals surface area contributed by atoms with Crippen LogP contribution in [0.2, 0.25) is 0 Å². The lowest BCUT2D eigenvalue weighted by molar-refractivity contribution is -0.0191. The lowest BCUT2D eigenvalue weighted by Gasteiger charge is -2.29. The summed E-state index contributed by atoms with van der Waals surface area (Å²) in [5.41, 5.74) is 1.02. The van der Waals surface area contributed by atoms with Crippen molar-refractivity contribution in [3.8, 4) is 0 Å². The second kappa shape index (κ2) is 7.02. The summed E-state index contributed by atoms with van der Waals surface area (Å²) in [6.07, 6.45) is -0.0939. The van der Waals surface area contributed by atoms with E-state index in [2.05, 4.69) is 51.8 Å². The number of anilines is 1. The fourth-order valence-corrected chi connectivity index (χ4v) is 2.05. The zero-order valence-electron chi connectivity index (χ0n) is 13.9. The monoisotopic (exact) mass is 279 g/mol. The maximum atomic E-state index is 5.91. The van der Waals surface area contributed by atoms with Gasteiger partial charge in [-0.3, -0.25) is 0 Å². The van der Waals surface area contributed by atoms with Crippen molar-refractivity contribution >= 4 is 5.82 Å². The fraction of sp³-hybridized carbons (Fsp3) is 0.750. The van der Waals surface area contributed by atoms with Gasteiger partial charge in [0.05, 0.1) is 0 Å². The van der Waals surface area contributed by atoms with E-state index in [-0.39, 0.29) is 11.5 Å². The largest absolute Gasteiger partial charge is 0.370 e. The molecule has 0 amide bonds. The number of ether oxygens (including phenoxy) is 1. The Bertz CT molecular complexity index is 424. The minimum absolute atomic E-state index is 0.0326. The molecule has 1 rings (SSSR count). The molecule has 1 unspecified atom stereocenters. The predicted molar refractivity (Wildman–Crippen MR) is 84.1 cm³/mol. The average molecular weight is 279 g/mol. The van der Waals surface area contributed by atoms with Crippen LogP contribution in [0.4, 0.5) is 5.82 Å². The molecule has 114 valence electrons. The van der Waals surface area contributed by atoms with Crippen LogP contribution in [0, 0.1) is 5.41 Å². The Morgan fingerprint density at radius 1 is 1.20 bits per heavy atom. The minimum atomic E-state index is -0.0939. The molecule has 0 aliphatic heterocycles. The van der Waals surface area contributed by atoms with E-state index >= 15 is 0 Å². The third kappa shape index (κ3) is 4.44. The zero-order chi connectivity index (χ0) is 15.3. The topological polar surface area (TPSA) is 47.0 Å². The lowest BCUT2D eigenvalue weighted by Crippen LogP contribution is -2.24. The third-order valence-corrected chi connectivity index (χ3v) is 3.07. The molecule has 0 aliphatic carbocycles. The van der Waals surface area contributed by atoms with Crippen molar-refractivity contribution in [3.63, 3.8) is 0 Å². The highest BCUT2D eigenvalue weighted by Crippen LogP contribution is 2.35. The van der Waals surface area contributed by atoms with E-state index in [1.807, 2.05) is 13.0 Å². The van der Waals surface area contributed by atoms with Crippen LogP contribution in [0.3, 0.4) is 0 Å². The van der Waals surface area contributed by atoms with Gasteiger partial charge in [0.1, 0.15) is 11.9 Å². The second-order valence-electron chi connectivity index (χ2n) is 6.42. The molecular weight excluding hydrogens is 250 g/mol. The van der Waals surface area contributed by atoms with Crippen molar-refractivity contribution in [2.45, 2.75) is 60.5 Å². The smallest absolute Gasteiger partial charge is 0.160 e. The van der Waals surface area contributed by atoms with Crippen LogP contribution in [-0.4, -0.2) is 23.1 Å². The molecule has 0 fully saturated rings.